The summed E-state index contributed by atoms with van der Waals surface area (Å²) in [6, 6.07) is 15.1. The minimum absolute atomic E-state index is 0.526. The van der Waals surface area contributed by atoms with Crippen molar-refractivity contribution in [2.24, 2.45) is 0 Å². The molecular weight excluding hydrogens is 289 g/mol. The van der Waals surface area contributed by atoms with Gasteiger partial charge in [-0.1, -0.05) is 53.0 Å². The van der Waals surface area contributed by atoms with Gasteiger partial charge in [0.1, 0.15) is 0 Å². The smallest absolute Gasteiger partial charge is 0.0612 e. The third-order valence-electron chi connectivity index (χ3n) is 3.98. The van der Waals surface area contributed by atoms with E-state index in [9.17, 15) is 0 Å². The van der Waals surface area contributed by atoms with Crippen LogP contribution in [0.25, 0.3) is 0 Å². The highest BCUT2D eigenvalue weighted by Crippen LogP contribution is 2.39. The van der Waals surface area contributed by atoms with Crippen molar-refractivity contribution in [3.05, 3.63) is 63.6 Å². The Balaban J connectivity index is 1.58. The average molecular weight is 306 g/mol. The van der Waals surface area contributed by atoms with E-state index in [-0.39, 0.29) is 0 Å². The number of halogens is 2. The van der Waals surface area contributed by atoms with E-state index >= 15 is 0 Å². The topological polar surface area (TPSA) is 12.0 Å². The standard InChI is InChI=1S/C17H17Cl2N/c1-11-2-4-12(5-3-11)13-8-15(9-13)20-14-6-7-16(18)17(19)10-14/h2-7,10,13,15,20H,8-9H2,1H3. The first-order valence-electron chi connectivity index (χ1n) is 6.90. The monoisotopic (exact) mass is 305 g/mol. The van der Waals surface area contributed by atoms with Gasteiger partial charge in [-0.05, 0) is 49.4 Å². The Bertz CT molecular complexity index is 601. The minimum atomic E-state index is 0.526. The molecule has 20 heavy (non-hydrogen) atoms. The Morgan fingerprint density at radius 3 is 2.30 bits per heavy atom. The van der Waals surface area contributed by atoms with Crippen LogP contribution in [0.1, 0.15) is 29.9 Å². The van der Waals surface area contributed by atoms with Gasteiger partial charge in [-0.2, -0.15) is 0 Å². The second-order valence-electron chi connectivity index (χ2n) is 5.55. The van der Waals surface area contributed by atoms with Gasteiger partial charge in [0.2, 0.25) is 0 Å². The molecule has 1 N–H and O–H groups in total. The molecular formula is C17H17Cl2N. The third kappa shape index (κ3) is 2.94. The third-order valence-corrected chi connectivity index (χ3v) is 4.72. The molecule has 0 bridgehead atoms. The predicted molar refractivity (Wildman–Crippen MR) is 87.0 cm³/mol. The maximum atomic E-state index is 6.03. The Morgan fingerprint density at radius 1 is 0.950 bits per heavy atom. The van der Waals surface area contributed by atoms with Gasteiger partial charge < -0.3 is 5.32 Å². The van der Waals surface area contributed by atoms with Crippen LogP contribution in [0, 0.1) is 6.92 Å². The molecule has 3 rings (SSSR count). The zero-order valence-electron chi connectivity index (χ0n) is 11.4. The number of nitrogens with one attached hydrogen (secondary N) is 1. The lowest BCUT2D eigenvalue weighted by Gasteiger charge is -2.37. The van der Waals surface area contributed by atoms with E-state index in [1.54, 1.807) is 0 Å². The molecule has 0 saturated heterocycles. The van der Waals surface area contributed by atoms with Crippen molar-refractivity contribution in [2.45, 2.75) is 31.7 Å². The van der Waals surface area contributed by atoms with E-state index in [4.69, 9.17) is 23.2 Å². The Morgan fingerprint density at radius 2 is 1.65 bits per heavy atom. The lowest BCUT2D eigenvalue weighted by atomic mass is 9.75. The van der Waals surface area contributed by atoms with Gasteiger partial charge in [0, 0.05) is 11.7 Å². The van der Waals surface area contributed by atoms with Crippen LogP contribution in [0.4, 0.5) is 5.69 Å². The summed E-state index contributed by atoms with van der Waals surface area (Å²) >= 11 is 11.9. The first kappa shape index (κ1) is 13.8. The molecule has 0 spiro atoms. The largest absolute Gasteiger partial charge is 0.382 e. The number of hydrogen-bond acceptors (Lipinski definition) is 1. The highest BCUT2D eigenvalue weighted by atomic mass is 35.5. The van der Waals surface area contributed by atoms with E-state index in [0.717, 1.165) is 5.69 Å². The van der Waals surface area contributed by atoms with Crippen molar-refractivity contribution < 1.29 is 0 Å². The van der Waals surface area contributed by atoms with E-state index in [1.807, 2.05) is 18.2 Å². The molecule has 0 aromatic heterocycles. The van der Waals surface area contributed by atoms with Gasteiger partial charge in [-0.3, -0.25) is 0 Å². The Kier molecular flexibility index (Phi) is 3.91. The summed E-state index contributed by atoms with van der Waals surface area (Å²) in [5, 5.41) is 4.72. The highest BCUT2D eigenvalue weighted by molar-refractivity contribution is 6.42. The molecule has 1 saturated carbocycles. The van der Waals surface area contributed by atoms with Gasteiger partial charge in [0.15, 0.2) is 0 Å². The van der Waals surface area contributed by atoms with Crippen molar-refractivity contribution in [3.8, 4) is 0 Å². The number of benzene rings is 2. The summed E-state index contributed by atoms with van der Waals surface area (Å²) in [7, 11) is 0. The van der Waals surface area contributed by atoms with Crippen LogP contribution in [0.15, 0.2) is 42.5 Å². The van der Waals surface area contributed by atoms with Gasteiger partial charge in [-0.15, -0.1) is 0 Å². The van der Waals surface area contributed by atoms with Gasteiger partial charge >= 0.3 is 0 Å². The quantitative estimate of drug-likeness (QED) is 0.771. The lowest BCUT2D eigenvalue weighted by molar-refractivity contribution is 0.374. The predicted octanol–water partition coefficient (Wildman–Crippen LogP) is 5.66. The molecule has 104 valence electrons. The molecule has 1 nitrogen and oxygen atoms in total. The second-order valence-corrected chi connectivity index (χ2v) is 6.36. The molecule has 0 radical (unpaired) electrons. The molecule has 0 unspecified atom stereocenters. The minimum Gasteiger partial charge on any atom is -0.382 e. The van der Waals surface area contributed by atoms with Crippen molar-refractivity contribution in [3.63, 3.8) is 0 Å². The van der Waals surface area contributed by atoms with Crippen LogP contribution in [0.2, 0.25) is 10.0 Å². The van der Waals surface area contributed by atoms with Crippen LogP contribution in [0.3, 0.4) is 0 Å². The molecule has 0 heterocycles. The van der Waals surface area contributed by atoms with E-state index in [1.165, 1.54) is 24.0 Å². The van der Waals surface area contributed by atoms with Crippen molar-refractivity contribution in [1.82, 2.24) is 0 Å². The fraction of sp³-hybridized carbons (Fsp3) is 0.294. The average Bonchev–Trinajstić information content (AvgIpc) is 2.39. The summed E-state index contributed by atoms with van der Waals surface area (Å²) < 4.78 is 0. The molecule has 0 amide bonds. The molecule has 0 aliphatic heterocycles. The molecule has 3 heteroatoms. The normalized spacial score (nSPS) is 21.4. The molecule has 1 aliphatic carbocycles. The first-order chi connectivity index (χ1) is 9.61. The lowest BCUT2D eigenvalue weighted by Crippen LogP contribution is -2.33. The number of rotatable bonds is 3. The molecule has 0 atom stereocenters. The highest BCUT2D eigenvalue weighted by Gasteiger charge is 2.30. The van der Waals surface area contributed by atoms with E-state index < -0.39 is 0 Å². The first-order valence-corrected chi connectivity index (χ1v) is 7.65. The van der Waals surface area contributed by atoms with Crippen LogP contribution in [-0.4, -0.2) is 6.04 Å². The van der Waals surface area contributed by atoms with Crippen LogP contribution >= 0.6 is 23.2 Å². The van der Waals surface area contributed by atoms with Gasteiger partial charge in [0.25, 0.3) is 0 Å². The molecule has 2 aromatic rings. The summed E-state index contributed by atoms with van der Waals surface area (Å²) in [5.41, 5.74) is 3.81. The molecule has 1 fully saturated rings. The summed E-state index contributed by atoms with van der Waals surface area (Å²) in [6.45, 7) is 2.12. The summed E-state index contributed by atoms with van der Waals surface area (Å²) in [5.74, 6) is 0.677. The fourth-order valence-electron chi connectivity index (χ4n) is 2.67. The summed E-state index contributed by atoms with van der Waals surface area (Å²) in [4.78, 5) is 0. The fourth-order valence-corrected chi connectivity index (χ4v) is 2.97. The summed E-state index contributed by atoms with van der Waals surface area (Å²) in [6.07, 6.45) is 2.34. The van der Waals surface area contributed by atoms with Gasteiger partial charge in [-0.25, -0.2) is 0 Å². The number of hydrogen-bond donors (Lipinski definition) is 1. The van der Waals surface area contributed by atoms with Crippen molar-refractivity contribution in [2.75, 3.05) is 5.32 Å². The second kappa shape index (κ2) is 5.67. The molecule has 1 aliphatic rings. The van der Waals surface area contributed by atoms with Crippen LogP contribution in [0.5, 0.6) is 0 Å². The Hall–Kier alpha value is -1.18. The molecule has 2 aromatic carbocycles. The number of aryl methyl sites for hydroxylation is 1. The SMILES string of the molecule is Cc1ccc(C2CC(Nc3ccc(Cl)c(Cl)c3)C2)cc1. The van der Waals surface area contributed by atoms with Crippen molar-refractivity contribution in [1.29, 1.82) is 0 Å². The Labute approximate surface area is 129 Å². The van der Waals surface area contributed by atoms with E-state index in [0.29, 0.717) is 22.0 Å². The van der Waals surface area contributed by atoms with E-state index in [2.05, 4.69) is 36.5 Å². The van der Waals surface area contributed by atoms with Crippen LogP contribution < -0.4 is 5.32 Å². The zero-order valence-corrected chi connectivity index (χ0v) is 12.9. The maximum Gasteiger partial charge on any atom is 0.0612 e. The number of anilines is 1. The van der Waals surface area contributed by atoms with Crippen LogP contribution in [-0.2, 0) is 0 Å². The van der Waals surface area contributed by atoms with Crippen molar-refractivity contribution >= 4 is 28.9 Å². The van der Waals surface area contributed by atoms with Gasteiger partial charge in [0.05, 0.1) is 10.0 Å². The zero-order chi connectivity index (χ0) is 14.1. The maximum absolute atomic E-state index is 6.03.